The summed E-state index contributed by atoms with van der Waals surface area (Å²) >= 11 is 0. The molecule has 0 atom stereocenters. The Balaban J connectivity index is -0.000000213. The molecule has 2 nitrogen and oxygen atoms in total. The second-order valence-corrected chi connectivity index (χ2v) is 19.0. The standard InChI is InChI=1S/3C15H16.C14H14.3C3H8.2C2H6O.5C2H6/c3*1-12-3-7-14(8-4-12)11-15-9-5-13(2)6-10-15;1-11-3-7-13(8-4-11)14-9-5-12(2)6-10-14;4*1-3-2;1-2-3;5*1-2/h3*3-10H,11H2,1-2H3;3-10H,1-2H3;3*3H2,1-2H3;1-2H3;3H,2H2,1H3;5*1-2H3. The third-order valence-corrected chi connectivity index (χ3v) is 10.4. The van der Waals surface area contributed by atoms with Crippen LogP contribution < -0.4 is 0 Å². The first-order valence-electron chi connectivity index (χ1n) is 32.0. The second kappa shape index (κ2) is 65.8. The van der Waals surface area contributed by atoms with E-state index in [1.54, 1.807) is 21.1 Å². The molecule has 0 heterocycles. The highest BCUT2D eigenvalue weighted by atomic mass is 16.4. The minimum Gasteiger partial charge on any atom is -0.397 e. The monoisotopic (exact) mass is 1140 g/mol. The normalized spacial score (nSPS) is 8.62. The first-order valence-corrected chi connectivity index (χ1v) is 32.0. The lowest BCUT2D eigenvalue weighted by molar-refractivity contribution is 0.277. The maximum absolute atomic E-state index is 7.57. The summed E-state index contributed by atoms with van der Waals surface area (Å²) in [5, 5.41) is 7.57. The number of aliphatic hydroxyl groups excluding tert-OH is 1. The van der Waals surface area contributed by atoms with Gasteiger partial charge in [-0.1, -0.05) is 369 Å². The van der Waals surface area contributed by atoms with Crippen molar-refractivity contribution in [2.75, 3.05) is 20.8 Å². The van der Waals surface area contributed by atoms with Crippen molar-refractivity contribution in [3.8, 4) is 11.1 Å². The zero-order chi connectivity index (χ0) is 65.5. The molecule has 0 unspecified atom stereocenters. The van der Waals surface area contributed by atoms with Crippen LogP contribution in [-0.4, -0.2) is 25.9 Å². The molecule has 0 aliphatic rings. The van der Waals surface area contributed by atoms with Crippen LogP contribution in [0.4, 0.5) is 0 Å². The van der Waals surface area contributed by atoms with E-state index in [-0.39, 0.29) is 6.61 Å². The van der Waals surface area contributed by atoms with Crippen molar-refractivity contribution in [1.29, 1.82) is 0 Å². The van der Waals surface area contributed by atoms with Crippen LogP contribution in [0.5, 0.6) is 0 Å². The molecule has 0 saturated heterocycles. The van der Waals surface area contributed by atoms with Crippen LogP contribution in [-0.2, 0) is 24.0 Å². The number of methoxy groups -OCH3 is 1. The average Bonchev–Trinajstić information content (AvgIpc) is 3.59. The maximum atomic E-state index is 7.57. The van der Waals surface area contributed by atoms with Crippen molar-refractivity contribution < 1.29 is 9.84 Å². The molecule has 8 rings (SSSR count). The van der Waals surface area contributed by atoms with Gasteiger partial charge in [-0.3, -0.25) is 0 Å². The van der Waals surface area contributed by atoms with Gasteiger partial charge in [-0.05, 0) is 126 Å². The van der Waals surface area contributed by atoms with E-state index in [1.165, 1.54) is 108 Å². The molecule has 2 heteroatoms. The summed E-state index contributed by atoms with van der Waals surface area (Å²) in [5.41, 5.74) is 21.4. The molecule has 0 spiro atoms. The average molecular weight is 1150 g/mol. The molecule has 468 valence electrons. The fourth-order valence-electron chi connectivity index (χ4n) is 6.43. The van der Waals surface area contributed by atoms with E-state index < -0.39 is 0 Å². The Morgan fingerprint density at radius 2 is 0.310 bits per heavy atom. The summed E-state index contributed by atoms with van der Waals surface area (Å²) in [6, 6.07) is 69.7. The molecule has 0 aliphatic carbocycles. The first kappa shape index (κ1) is 88.9. The van der Waals surface area contributed by atoms with Crippen LogP contribution in [0.1, 0.15) is 215 Å². The summed E-state index contributed by atoms with van der Waals surface area (Å²) in [7, 11) is 3.25. The van der Waals surface area contributed by atoms with E-state index >= 15 is 0 Å². The van der Waals surface area contributed by atoms with E-state index in [4.69, 9.17) is 5.11 Å². The molecule has 0 fully saturated rings. The minimum absolute atomic E-state index is 0.250. The summed E-state index contributed by atoms with van der Waals surface area (Å²) < 4.78 is 4.25. The number of aryl methyl sites for hydroxylation is 8. The van der Waals surface area contributed by atoms with E-state index in [0.717, 1.165) is 19.3 Å². The fraction of sp³-hybridized carbons (Fsp3) is 0.415. The molecule has 0 aromatic heterocycles. The molecule has 84 heavy (non-hydrogen) atoms. The quantitative estimate of drug-likeness (QED) is 0.172. The number of benzene rings is 8. The zero-order valence-corrected chi connectivity index (χ0v) is 59.3. The van der Waals surface area contributed by atoms with E-state index in [0.29, 0.717) is 0 Å². The number of aliphatic hydroxyl groups is 1. The Kier molecular flexibility index (Phi) is 69.7. The van der Waals surface area contributed by atoms with Gasteiger partial charge in [-0.15, -0.1) is 0 Å². The lowest BCUT2D eigenvalue weighted by Gasteiger charge is -2.03. The van der Waals surface area contributed by atoms with Crippen molar-refractivity contribution in [1.82, 2.24) is 0 Å². The van der Waals surface area contributed by atoms with Crippen LogP contribution in [0, 0.1) is 55.4 Å². The summed E-state index contributed by atoms with van der Waals surface area (Å²) in [5.74, 6) is 0. The largest absolute Gasteiger partial charge is 0.397 e. The third kappa shape index (κ3) is 52.5. The van der Waals surface area contributed by atoms with Gasteiger partial charge >= 0.3 is 0 Å². The van der Waals surface area contributed by atoms with Gasteiger partial charge in [0.05, 0.1) is 0 Å². The number of ether oxygens (including phenoxy) is 1. The highest BCUT2D eigenvalue weighted by Gasteiger charge is 1.99. The van der Waals surface area contributed by atoms with Gasteiger partial charge < -0.3 is 9.84 Å². The van der Waals surface area contributed by atoms with Crippen molar-refractivity contribution >= 4 is 0 Å². The van der Waals surface area contributed by atoms with Crippen LogP contribution in [0.25, 0.3) is 11.1 Å². The Morgan fingerprint density at radius 3 is 0.405 bits per heavy atom. The molecular weight excluding hydrogens is 1020 g/mol. The summed E-state index contributed by atoms with van der Waals surface area (Å²) in [6.45, 7) is 51.6. The van der Waals surface area contributed by atoms with Crippen molar-refractivity contribution in [2.45, 2.75) is 212 Å². The van der Waals surface area contributed by atoms with Gasteiger partial charge in [0.1, 0.15) is 0 Å². The zero-order valence-electron chi connectivity index (χ0n) is 59.3. The molecule has 0 bridgehead atoms. The van der Waals surface area contributed by atoms with Crippen LogP contribution in [0.15, 0.2) is 194 Å². The van der Waals surface area contributed by atoms with Gasteiger partial charge in [-0.2, -0.15) is 0 Å². The smallest absolute Gasteiger partial charge is 0.0402 e. The lowest BCUT2D eigenvalue weighted by atomic mass is 10.0. The highest BCUT2D eigenvalue weighted by Crippen LogP contribution is 2.20. The highest BCUT2D eigenvalue weighted by molar-refractivity contribution is 5.63. The molecular formula is C82H128O2. The predicted molar refractivity (Wildman–Crippen MR) is 387 cm³/mol. The SMILES string of the molecule is CC.CC.CC.CC.CC.CCC.CCC.CCC.CCO.COC.Cc1ccc(-c2ccc(C)cc2)cc1.Cc1ccc(Cc2ccc(C)cc2)cc1.Cc1ccc(Cc2ccc(C)cc2)cc1.Cc1ccc(Cc2ccc(C)cc2)cc1. The number of hydrogen-bond acceptors (Lipinski definition) is 2. The Bertz CT molecular complexity index is 2080. The molecule has 1 N–H and O–H groups in total. The molecule has 8 aromatic rings. The Hall–Kier alpha value is -6.32. The predicted octanol–water partition coefficient (Wildman–Crippen LogP) is 25.3. The molecule has 8 aromatic carbocycles. The molecule has 0 saturated carbocycles. The maximum Gasteiger partial charge on any atom is 0.0402 e. The minimum atomic E-state index is 0.250. The fourth-order valence-corrected chi connectivity index (χ4v) is 6.43. The van der Waals surface area contributed by atoms with E-state index in [9.17, 15) is 0 Å². The van der Waals surface area contributed by atoms with E-state index in [1.807, 2.05) is 69.2 Å². The van der Waals surface area contributed by atoms with Crippen molar-refractivity contribution in [3.05, 3.63) is 272 Å². The first-order chi connectivity index (χ1) is 40.5. The Labute approximate surface area is 522 Å². The Morgan fingerprint density at radius 1 is 0.226 bits per heavy atom. The van der Waals surface area contributed by atoms with Crippen LogP contribution in [0.3, 0.4) is 0 Å². The summed E-state index contributed by atoms with van der Waals surface area (Å²) in [6.07, 6.45) is 6.84. The van der Waals surface area contributed by atoms with Gasteiger partial charge in [0.2, 0.25) is 0 Å². The van der Waals surface area contributed by atoms with Gasteiger partial charge in [0, 0.05) is 20.8 Å². The van der Waals surface area contributed by atoms with Crippen LogP contribution >= 0.6 is 0 Å². The molecule has 0 aliphatic heterocycles. The van der Waals surface area contributed by atoms with Crippen molar-refractivity contribution in [2.24, 2.45) is 0 Å². The topological polar surface area (TPSA) is 29.5 Å². The summed E-state index contributed by atoms with van der Waals surface area (Å²) in [4.78, 5) is 0. The second-order valence-electron chi connectivity index (χ2n) is 19.0. The van der Waals surface area contributed by atoms with Crippen LogP contribution in [0.2, 0.25) is 0 Å². The lowest BCUT2D eigenvalue weighted by Crippen LogP contribution is -1.88. The van der Waals surface area contributed by atoms with Crippen molar-refractivity contribution in [3.63, 3.8) is 0 Å². The third-order valence-electron chi connectivity index (χ3n) is 10.4. The van der Waals surface area contributed by atoms with Gasteiger partial charge in [0.15, 0.2) is 0 Å². The number of hydrogen-bond donors (Lipinski definition) is 1. The number of rotatable bonds is 7. The van der Waals surface area contributed by atoms with E-state index in [2.05, 4.69) is 296 Å². The van der Waals surface area contributed by atoms with Gasteiger partial charge in [-0.25, -0.2) is 0 Å². The van der Waals surface area contributed by atoms with Gasteiger partial charge in [0.25, 0.3) is 0 Å². The molecule has 0 radical (unpaired) electrons. The molecule has 0 amide bonds.